The molecule has 1 heterocycles. The number of nitrogens with zero attached hydrogens (tertiary/aromatic N) is 3. The van der Waals surface area contributed by atoms with Crippen molar-refractivity contribution in [1.29, 1.82) is 0 Å². The fourth-order valence-electron chi connectivity index (χ4n) is 1.82. The molecule has 0 aliphatic heterocycles. The first kappa shape index (κ1) is 17.6. The average Bonchev–Trinajstić information content (AvgIpc) is 2.50. The van der Waals surface area contributed by atoms with Crippen LogP contribution in [0.15, 0.2) is 45.1 Å². The molecule has 2 rings (SSSR count). The molecule has 0 aliphatic carbocycles. The maximum absolute atomic E-state index is 11.9. The van der Waals surface area contributed by atoms with Gasteiger partial charge in [0.2, 0.25) is 0 Å². The van der Waals surface area contributed by atoms with E-state index >= 15 is 0 Å². The number of aryl methyl sites for hydroxylation is 2. The van der Waals surface area contributed by atoms with Crippen LogP contribution in [0.25, 0.3) is 0 Å². The van der Waals surface area contributed by atoms with Gasteiger partial charge in [-0.1, -0.05) is 39.8 Å². The number of benzene rings is 1. The standard InChI is InChI=1S/C16H17BrN4OS/c1-10-8-11(2)19-16(18-10)23-9-15(22)21-20-12(3)13-4-6-14(17)7-5-13/h4-8H,9H2,1-3H3,(H,21,22)/b20-12-. The third kappa shape index (κ3) is 5.76. The predicted octanol–water partition coefficient (Wildman–Crippen LogP) is 3.49. The van der Waals surface area contributed by atoms with Gasteiger partial charge in [-0.3, -0.25) is 4.79 Å². The van der Waals surface area contributed by atoms with Crippen LogP contribution in [-0.2, 0) is 4.79 Å². The molecule has 120 valence electrons. The number of hydrazone groups is 1. The van der Waals surface area contributed by atoms with Gasteiger partial charge in [0, 0.05) is 15.9 Å². The second kappa shape index (κ2) is 8.21. The summed E-state index contributed by atoms with van der Waals surface area (Å²) in [5.74, 6) is 0.0363. The number of carbonyl (C=O) groups excluding carboxylic acids is 1. The lowest BCUT2D eigenvalue weighted by molar-refractivity contribution is -0.118. The molecule has 1 N–H and O–H groups in total. The van der Waals surface area contributed by atoms with E-state index in [1.54, 1.807) is 0 Å². The van der Waals surface area contributed by atoms with Gasteiger partial charge in [-0.25, -0.2) is 15.4 Å². The normalized spacial score (nSPS) is 11.4. The molecule has 0 aliphatic rings. The Morgan fingerprint density at radius 2 is 1.83 bits per heavy atom. The molecule has 0 unspecified atom stereocenters. The quantitative estimate of drug-likeness (QED) is 0.366. The molecule has 1 aromatic carbocycles. The van der Waals surface area contributed by atoms with Gasteiger partial charge in [0.05, 0.1) is 11.5 Å². The minimum Gasteiger partial charge on any atom is -0.272 e. The van der Waals surface area contributed by atoms with Crippen molar-refractivity contribution in [2.75, 3.05) is 5.75 Å². The number of aromatic nitrogens is 2. The number of thioether (sulfide) groups is 1. The lowest BCUT2D eigenvalue weighted by Crippen LogP contribution is -2.21. The molecular weight excluding hydrogens is 376 g/mol. The number of hydrogen-bond donors (Lipinski definition) is 1. The molecule has 1 amide bonds. The summed E-state index contributed by atoms with van der Waals surface area (Å²) >= 11 is 4.68. The Labute approximate surface area is 148 Å². The zero-order valence-electron chi connectivity index (χ0n) is 13.1. The van der Waals surface area contributed by atoms with Crippen molar-refractivity contribution >= 4 is 39.3 Å². The zero-order chi connectivity index (χ0) is 16.8. The summed E-state index contributed by atoms with van der Waals surface area (Å²) in [6, 6.07) is 9.64. The Kier molecular flexibility index (Phi) is 6.29. The van der Waals surface area contributed by atoms with Crippen LogP contribution in [0.1, 0.15) is 23.9 Å². The Balaban J connectivity index is 1.89. The van der Waals surface area contributed by atoms with Crippen molar-refractivity contribution in [3.8, 4) is 0 Å². The number of halogens is 1. The van der Waals surface area contributed by atoms with E-state index in [1.165, 1.54) is 11.8 Å². The summed E-state index contributed by atoms with van der Waals surface area (Å²) in [7, 11) is 0. The molecule has 0 saturated carbocycles. The molecule has 2 aromatic rings. The number of amides is 1. The molecule has 0 saturated heterocycles. The van der Waals surface area contributed by atoms with Gasteiger partial charge >= 0.3 is 0 Å². The highest BCUT2D eigenvalue weighted by Gasteiger charge is 2.06. The van der Waals surface area contributed by atoms with Crippen molar-refractivity contribution < 1.29 is 4.79 Å². The Bertz CT molecular complexity index is 711. The molecular formula is C16H17BrN4OS. The van der Waals surface area contributed by atoms with Gasteiger partial charge in [-0.2, -0.15) is 5.10 Å². The van der Waals surface area contributed by atoms with Crippen molar-refractivity contribution in [2.45, 2.75) is 25.9 Å². The second-order valence-electron chi connectivity index (χ2n) is 4.96. The first-order valence-corrected chi connectivity index (χ1v) is 8.76. The number of rotatable bonds is 5. The van der Waals surface area contributed by atoms with Gasteiger partial charge in [-0.15, -0.1) is 0 Å². The first-order chi connectivity index (χ1) is 10.9. The molecule has 23 heavy (non-hydrogen) atoms. The largest absolute Gasteiger partial charge is 0.272 e. The van der Waals surface area contributed by atoms with Crippen molar-refractivity contribution in [3.05, 3.63) is 51.8 Å². The molecule has 1 aromatic heterocycles. The zero-order valence-corrected chi connectivity index (χ0v) is 15.5. The van der Waals surface area contributed by atoms with Gasteiger partial charge in [-0.05, 0) is 44.5 Å². The monoisotopic (exact) mass is 392 g/mol. The smallest absolute Gasteiger partial charge is 0.250 e. The Morgan fingerprint density at radius 3 is 2.43 bits per heavy atom. The van der Waals surface area contributed by atoms with Crippen LogP contribution in [-0.4, -0.2) is 27.3 Å². The SMILES string of the molecule is C/C(=N/NC(=O)CSc1nc(C)cc(C)n1)c1ccc(Br)cc1. The summed E-state index contributed by atoms with van der Waals surface area (Å²) < 4.78 is 1.00. The highest BCUT2D eigenvalue weighted by Crippen LogP contribution is 2.14. The third-order valence-electron chi connectivity index (χ3n) is 2.90. The maximum Gasteiger partial charge on any atom is 0.250 e. The lowest BCUT2D eigenvalue weighted by atomic mass is 10.1. The van der Waals surface area contributed by atoms with Crippen molar-refractivity contribution in [1.82, 2.24) is 15.4 Å². The van der Waals surface area contributed by atoms with Crippen LogP contribution in [0, 0.1) is 13.8 Å². The molecule has 5 nitrogen and oxygen atoms in total. The van der Waals surface area contributed by atoms with Crippen LogP contribution < -0.4 is 5.43 Å². The summed E-state index contributed by atoms with van der Waals surface area (Å²) in [4.78, 5) is 20.5. The van der Waals surface area contributed by atoms with E-state index in [1.807, 2.05) is 51.1 Å². The number of hydrogen-bond acceptors (Lipinski definition) is 5. The summed E-state index contributed by atoms with van der Waals surface area (Å²) in [6.45, 7) is 5.67. The van der Waals surface area contributed by atoms with E-state index in [2.05, 4.69) is 36.4 Å². The van der Waals surface area contributed by atoms with E-state index in [0.717, 1.165) is 27.1 Å². The van der Waals surface area contributed by atoms with Gasteiger partial charge in [0.1, 0.15) is 0 Å². The minimum absolute atomic E-state index is 0.186. The highest BCUT2D eigenvalue weighted by atomic mass is 79.9. The predicted molar refractivity (Wildman–Crippen MR) is 96.7 cm³/mol. The molecule has 0 fully saturated rings. The lowest BCUT2D eigenvalue weighted by Gasteiger charge is -2.04. The second-order valence-corrected chi connectivity index (χ2v) is 6.82. The van der Waals surface area contributed by atoms with Gasteiger partial charge in [0.15, 0.2) is 5.16 Å². The third-order valence-corrected chi connectivity index (χ3v) is 4.28. The Hall–Kier alpha value is -1.73. The molecule has 7 heteroatoms. The molecule has 0 atom stereocenters. The molecule has 0 spiro atoms. The first-order valence-electron chi connectivity index (χ1n) is 6.98. The fraction of sp³-hybridized carbons (Fsp3) is 0.250. The maximum atomic E-state index is 11.9. The van der Waals surface area contributed by atoms with E-state index in [0.29, 0.717) is 5.16 Å². The van der Waals surface area contributed by atoms with Crippen LogP contribution in [0.5, 0.6) is 0 Å². The van der Waals surface area contributed by atoms with E-state index < -0.39 is 0 Å². The van der Waals surface area contributed by atoms with Gasteiger partial charge in [0.25, 0.3) is 5.91 Å². The minimum atomic E-state index is -0.186. The van der Waals surface area contributed by atoms with Crippen LogP contribution in [0.4, 0.5) is 0 Å². The van der Waals surface area contributed by atoms with E-state index in [9.17, 15) is 4.79 Å². The summed E-state index contributed by atoms with van der Waals surface area (Å²) in [6.07, 6.45) is 0. The van der Waals surface area contributed by atoms with Gasteiger partial charge < -0.3 is 0 Å². The van der Waals surface area contributed by atoms with E-state index in [-0.39, 0.29) is 11.7 Å². The number of carbonyl (C=O) groups is 1. The van der Waals surface area contributed by atoms with Crippen molar-refractivity contribution in [2.24, 2.45) is 5.10 Å². The van der Waals surface area contributed by atoms with Crippen LogP contribution in [0.2, 0.25) is 0 Å². The Morgan fingerprint density at radius 1 is 1.22 bits per heavy atom. The average molecular weight is 393 g/mol. The van der Waals surface area contributed by atoms with Crippen molar-refractivity contribution in [3.63, 3.8) is 0 Å². The number of nitrogens with one attached hydrogen (secondary N) is 1. The fourth-order valence-corrected chi connectivity index (χ4v) is 2.83. The molecule has 0 bridgehead atoms. The molecule has 0 radical (unpaired) electrons. The van der Waals surface area contributed by atoms with Crippen LogP contribution >= 0.6 is 27.7 Å². The summed E-state index contributed by atoms with van der Waals surface area (Å²) in [5, 5.41) is 4.72. The van der Waals surface area contributed by atoms with E-state index in [4.69, 9.17) is 0 Å². The topological polar surface area (TPSA) is 67.2 Å². The van der Waals surface area contributed by atoms with Crippen LogP contribution in [0.3, 0.4) is 0 Å². The summed E-state index contributed by atoms with van der Waals surface area (Å²) in [5.41, 5.74) is 6.05. The highest BCUT2D eigenvalue weighted by molar-refractivity contribution is 9.10.